The largest absolute Gasteiger partial charge is 0.338 e. The van der Waals surface area contributed by atoms with Crippen molar-refractivity contribution in [3.63, 3.8) is 0 Å². The van der Waals surface area contributed by atoms with E-state index in [0.29, 0.717) is 17.1 Å². The molecule has 1 amide bonds. The van der Waals surface area contributed by atoms with Crippen LogP contribution in [0.3, 0.4) is 0 Å². The second kappa shape index (κ2) is 6.36. The highest BCUT2D eigenvalue weighted by atomic mass is 19.1. The first-order chi connectivity index (χ1) is 12.6. The van der Waals surface area contributed by atoms with Crippen molar-refractivity contribution in [2.45, 2.75) is 6.92 Å². The number of aromatic amines is 1. The highest BCUT2D eigenvalue weighted by Crippen LogP contribution is 2.23. The van der Waals surface area contributed by atoms with Crippen LogP contribution in [0.5, 0.6) is 0 Å². The first kappa shape index (κ1) is 15.9. The number of amides is 1. The number of hydrogen-bond acceptors (Lipinski definition) is 4. The number of H-pyrrole nitrogens is 1. The molecule has 2 aromatic carbocycles. The van der Waals surface area contributed by atoms with Crippen LogP contribution < -0.4 is 5.32 Å². The maximum absolute atomic E-state index is 13.4. The highest BCUT2D eigenvalue weighted by molar-refractivity contribution is 6.03. The molecule has 2 aromatic heterocycles. The van der Waals surface area contributed by atoms with E-state index in [9.17, 15) is 9.18 Å². The molecule has 4 aromatic rings. The zero-order valence-corrected chi connectivity index (χ0v) is 13.8. The SMILES string of the molecule is Cc1cnc(C(=O)Nc2ccc3nc(-c4cccc(F)c4)[nH]c3c2)cn1. The van der Waals surface area contributed by atoms with Crippen LogP contribution in [0.25, 0.3) is 22.4 Å². The molecule has 0 radical (unpaired) electrons. The van der Waals surface area contributed by atoms with Gasteiger partial charge in [0.2, 0.25) is 0 Å². The van der Waals surface area contributed by atoms with Gasteiger partial charge in [0.25, 0.3) is 5.91 Å². The van der Waals surface area contributed by atoms with Crippen molar-refractivity contribution in [2.24, 2.45) is 0 Å². The molecular weight excluding hydrogens is 333 g/mol. The molecule has 0 fully saturated rings. The number of carbonyl (C=O) groups is 1. The standard InChI is InChI=1S/C19H14FN5O/c1-11-9-22-17(10-21-11)19(26)23-14-5-6-15-16(8-14)25-18(24-15)12-3-2-4-13(20)7-12/h2-10H,1H3,(H,23,26)(H,24,25). The zero-order valence-electron chi connectivity index (χ0n) is 13.8. The molecule has 7 heteroatoms. The topological polar surface area (TPSA) is 83.6 Å². The summed E-state index contributed by atoms with van der Waals surface area (Å²) in [5, 5.41) is 2.78. The van der Waals surface area contributed by atoms with Gasteiger partial charge < -0.3 is 10.3 Å². The molecule has 0 saturated heterocycles. The first-order valence-corrected chi connectivity index (χ1v) is 7.94. The minimum absolute atomic E-state index is 0.237. The highest BCUT2D eigenvalue weighted by Gasteiger charge is 2.10. The Kier molecular flexibility index (Phi) is 3.89. The van der Waals surface area contributed by atoms with E-state index in [-0.39, 0.29) is 17.4 Å². The lowest BCUT2D eigenvalue weighted by Crippen LogP contribution is -2.14. The average molecular weight is 347 g/mol. The molecule has 6 nitrogen and oxygen atoms in total. The monoisotopic (exact) mass is 347 g/mol. The molecule has 0 aliphatic heterocycles. The van der Waals surface area contributed by atoms with Crippen LogP contribution in [0.4, 0.5) is 10.1 Å². The number of rotatable bonds is 3. The maximum Gasteiger partial charge on any atom is 0.275 e. The Hall–Kier alpha value is -3.61. The molecule has 26 heavy (non-hydrogen) atoms. The lowest BCUT2D eigenvalue weighted by atomic mass is 10.2. The van der Waals surface area contributed by atoms with Crippen LogP contribution >= 0.6 is 0 Å². The summed E-state index contributed by atoms with van der Waals surface area (Å²) in [6.45, 7) is 1.80. The molecule has 0 unspecified atom stereocenters. The molecule has 0 saturated carbocycles. The number of imidazole rings is 1. The fourth-order valence-corrected chi connectivity index (χ4v) is 2.56. The Morgan fingerprint density at radius 3 is 2.77 bits per heavy atom. The van der Waals surface area contributed by atoms with Gasteiger partial charge in [0.05, 0.1) is 22.9 Å². The van der Waals surface area contributed by atoms with E-state index in [1.807, 2.05) is 0 Å². The smallest absolute Gasteiger partial charge is 0.275 e. The van der Waals surface area contributed by atoms with Crippen molar-refractivity contribution in [3.8, 4) is 11.4 Å². The van der Waals surface area contributed by atoms with E-state index in [2.05, 4.69) is 25.3 Å². The number of halogens is 1. The summed E-state index contributed by atoms with van der Waals surface area (Å²) in [6.07, 6.45) is 2.97. The van der Waals surface area contributed by atoms with Gasteiger partial charge in [-0.1, -0.05) is 12.1 Å². The summed E-state index contributed by atoms with van der Waals surface area (Å²) >= 11 is 0. The van der Waals surface area contributed by atoms with E-state index in [0.717, 1.165) is 16.7 Å². The van der Waals surface area contributed by atoms with Crippen LogP contribution in [0.15, 0.2) is 54.9 Å². The van der Waals surface area contributed by atoms with Crippen molar-refractivity contribution in [2.75, 3.05) is 5.32 Å². The third-order valence-corrected chi connectivity index (χ3v) is 3.85. The predicted octanol–water partition coefficient (Wildman–Crippen LogP) is 3.72. The third kappa shape index (κ3) is 3.14. The normalized spacial score (nSPS) is 10.8. The average Bonchev–Trinajstić information content (AvgIpc) is 3.05. The second-order valence-electron chi connectivity index (χ2n) is 5.82. The molecule has 0 aliphatic rings. The molecule has 2 N–H and O–H groups in total. The number of aromatic nitrogens is 4. The van der Waals surface area contributed by atoms with Crippen LogP contribution in [-0.4, -0.2) is 25.8 Å². The predicted molar refractivity (Wildman–Crippen MR) is 96.2 cm³/mol. The quantitative estimate of drug-likeness (QED) is 0.592. The molecule has 2 heterocycles. The van der Waals surface area contributed by atoms with Gasteiger partial charge in [-0.25, -0.2) is 14.4 Å². The summed E-state index contributed by atoms with van der Waals surface area (Å²) in [4.78, 5) is 28.0. The van der Waals surface area contributed by atoms with Gasteiger partial charge in [-0.2, -0.15) is 0 Å². The minimum atomic E-state index is -0.346. The Morgan fingerprint density at radius 1 is 1.12 bits per heavy atom. The lowest BCUT2D eigenvalue weighted by molar-refractivity contribution is 0.102. The summed E-state index contributed by atoms with van der Waals surface area (Å²) in [5.74, 6) is -0.107. The molecule has 0 aliphatic carbocycles. The number of anilines is 1. The van der Waals surface area contributed by atoms with Gasteiger partial charge in [0, 0.05) is 17.4 Å². The summed E-state index contributed by atoms with van der Waals surface area (Å²) < 4.78 is 13.4. The van der Waals surface area contributed by atoms with Gasteiger partial charge in [-0.15, -0.1) is 0 Å². The van der Waals surface area contributed by atoms with E-state index in [1.54, 1.807) is 37.3 Å². The number of benzene rings is 2. The number of fused-ring (bicyclic) bond motifs is 1. The Labute approximate surface area is 148 Å². The molecule has 0 bridgehead atoms. The fraction of sp³-hybridized carbons (Fsp3) is 0.0526. The summed E-state index contributed by atoms with van der Waals surface area (Å²) in [6, 6.07) is 11.5. The van der Waals surface area contributed by atoms with Crippen molar-refractivity contribution >= 4 is 22.6 Å². The van der Waals surface area contributed by atoms with Crippen molar-refractivity contribution in [3.05, 3.63) is 72.1 Å². The molecule has 0 spiro atoms. The van der Waals surface area contributed by atoms with Gasteiger partial charge in [0.1, 0.15) is 17.3 Å². The van der Waals surface area contributed by atoms with Gasteiger partial charge in [0.15, 0.2) is 0 Å². The molecule has 128 valence electrons. The van der Waals surface area contributed by atoms with Crippen LogP contribution in [0, 0.1) is 12.7 Å². The Bertz CT molecular complexity index is 1100. The third-order valence-electron chi connectivity index (χ3n) is 3.85. The Morgan fingerprint density at radius 2 is 2.00 bits per heavy atom. The zero-order chi connectivity index (χ0) is 18.1. The fourth-order valence-electron chi connectivity index (χ4n) is 2.56. The number of nitrogens with zero attached hydrogens (tertiary/aromatic N) is 3. The molecular formula is C19H14FN5O. The molecule has 0 atom stereocenters. The van der Waals surface area contributed by atoms with Crippen molar-refractivity contribution in [1.82, 2.24) is 19.9 Å². The Balaban J connectivity index is 1.61. The minimum Gasteiger partial charge on any atom is -0.338 e. The lowest BCUT2D eigenvalue weighted by Gasteiger charge is -2.04. The number of nitrogens with one attached hydrogen (secondary N) is 2. The van der Waals surface area contributed by atoms with E-state index >= 15 is 0 Å². The van der Waals surface area contributed by atoms with Crippen molar-refractivity contribution < 1.29 is 9.18 Å². The van der Waals surface area contributed by atoms with Gasteiger partial charge in [-0.05, 0) is 37.3 Å². The number of hydrogen-bond donors (Lipinski definition) is 2. The van der Waals surface area contributed by atoms with Crippen LogP contribution in [0.2, 0.25) is 0 Å². The second-order valence-corrected chi connectivity index (χ2v) is 5.82. The maximum atomic E-state index is 13.4. The van der Waals surface area contributed by atoms with Crippen LogP contribution in [-0.2, 0) is 0 Å². The first-order valence-electron chi connectivity index (χ1n) is 7.94. The van der Waals surface area contributed by atoms with Crippen LogP contribution in [0.1, 0.15) is 16.2 Å². The van der Waals surface area contributed by atoms with Crippen molar-refractivity contribution in [1.29, 1.82) is 0 Å². The molecule has 4 rings (SSSR count). The number of aryl methyl sites for hydroxylation is 1. The van der Waals surface area contributed by atoms with Gasteiger partial charge in [-0.3, -0.25) is 9.78 Å². The van der Waals surface area contributed by atoms with E-state index in [4.69, 9.17) is 0 Å². The summed E-state index contributed by atoms with van der Waals surface area (Å²) in [5.41, 5.74) is 3.68. The summed E-state index contributed by atoms with van der Waals surface area (Å²) in [7, 11) is 0. The van der Waals surface area contributed by atoms with E-state index in [1.165, 1.54) is 24.5 Å². The van der Waals surface area contributed by atoms with Gasteiger partial charge >= 0.3 is 0 Å². The number of carbonyl (C=O) groups excluding carboxylic acids is 1. The van der Waals surface area contributed by atoms with E-state index < -0.39 is 0 Å².